The van der Waals surface area contributed by atoms with Crippen molar-refractivity contribution in [2.24, 2.45) is 0 Å². The molecule has 0 aliphatic heterocycles. The van der Waals surface area contributed by atoms with Gasteiger partial charge in [-0.3, -0.25) is 4.79 Å². The zero-order chi connectivity index (χ0) is 12.3. The maximum absolute atomic E-state index is 12.9. The van der Waals surface area contributed by atoms with Crippen LogP contribution in [-0.4, -0.2) is 16.8 Å². The molecule has 1 amide bonds. The molecule has 0 aliphatic carbocycles. The highest BCUT2D eigenvalue weighted by Crippen LogP contribution is 2.17. The lowest BCUT2D eigenvalue weighted by molar-refractivity contribution is 0.0921. The molecule has 0 saturated heterocycles. The van der Waals surface area contributed by atoms with E-state index in [0.717, 1.165) is 0 Å². The van der Waals surface area contributed by atoms with E-state index < -0.39 is 5.82 Å². The van der Waals surface area contributed by atoms with Crippen LogP contribution in [-0.2, 0) is 0 Å². The van der Waals surface area contributed by atoms with Gasteiger partial charge in [-0.1, -0.05) is 27.5 Å². The van der Waals surface area contributed by atoms with E-state index in [2.05, 4.69) is 21.2 Å². The van der Waals surface area contributed by atoms with Gasteiger partial charge in [-0.05, 0) is 32.0 Å². The van der Waals surface area contributed by atoms with Crippen molar-refractivity contribution < 1.29 is 9.18 Å². The van der Waals surface area contributed by atoms with Gasteiger partial charge in [-0.15, -0.1) is 0 Å². The molecule has 0 atom stereocenters. The van der Waals surface area contributed by atoms with Crippen molar-refractivity contribution in [1.82, 2.24) is 5.32 Å². The molecule has 1 rings (SSSR count). The van der Waals surface area contributed by atoms with Crippen LogP contribution >= 0.6 is 27.5 Å². The lowest BCUT2D eigenvalue weighted by Gasteiger charge is -2.23. The Balaban J connectivity index is 2.85. The van der Waals surface area contributed by atoms with Gasteiger partial charge < -0.3 is 5.32 Å². The molecule has 0 heterocycles. The van der Waals surface area contributed by atoms with Gasteiger partial charge in [0.1, 0.15) is 5.82 Å². The van der Waals surface area contributed by atoms with E-state index in [1.165, 1.54) is 18.2 Å². The predicted molar refractivity (Wildman–Crippen MR) is 66.7 cm³/mol. The highest BCUT2D eigenvalue weighted by Gasteiger charge is 2.20. The van der Waals surface area contributed by atoms with Crippen molar-refractivity contribution >= 4 is 33.4 Å². The SMILES string of the molecule is CC(C)(CBr)NC(=O)c1ccc(F)c(Cl)c1. The molecule has 0 unspecified atom stereocenters. The quantitative estimate of drug-likeness (QED) is 0.852. The second-order valence-electron chi connectivity index (χ2n) is 4.10. The van der Waals surface area contributed by atoms with Crippen LogP contribution in [0, 0.1) is 5.82 Å². The van der Waals surface area contributed by atoms with E-state index in [0.29, 0.717) is 10.9 Å². The lowest BCUT2D eigenvalue weighted by Crippen LogP contribution is -2.44. The van der Waals surface area contributed by atoms with Gasteiger partial charge in [-0.2, -0.15) is 0 Å². The average Bonchev–Trinajstić information content (AvgIpc) is 2.21. The van der Waals surface area contributed by atoms with E-state index in [4.69, 9.17) is 11.6 Å². The molecule has 0 bridgehead atoms. The smallest absolute Gasteiger partial charge is 0.251 e. The minimum Gasteiger partial charge on any atom is -0.346 e. The topological polar surface area (TPSA) is 29.1 Å². The van der Waals surface area contributed by atoms with Crippen LogP contribution in [0.25, 0.3) is 0 Å². The molecule has 0 saturated carbocycles. The maximum atomic E-state index is 12.9. The number of benzene rings is 1. The van der Waals surface area contributed by atoms with Crippen LogP contribution in [0.4, 0.5) is 4.39 Å². The second kappa shape index (κ2) is 5.15. The Bertz CT molecular complexity index is 409. The summed E-state index contributed by atoms with van der Waals surface area (Å²) in [6, 6.07) is 3.90. The van der Waals surface area contributed by atoms with E-state index in [-0.39, 0.29) is 16.5 Å². The van der Waals surface area contributed by atoms with Crippen LogP contribution in [0.3, 0.4) is 0 Å². The molecule has 0 radical (unpaired) electrons. The van der Waals surface area contributed by atoms with Crippen LogP contribution in [0.15, 0.2) is 18.2 Å². The first-order chi connectivity index (χ1) is 7.35. The fourth-order valence-electron chi connectivity index (χ4n) is 1.05. The lowest BCUT2D eigenvalue weighted by atomic mass is 10.1. The summed E-state index contributed by atoms with van der Waals surface area (Å²) < 4.78 is 12.9. The van der Waals surface area contributed by atoms with E-state index in [1.54, 1.807) is 0 Å². The zero-order valence-corrected chi connectivity index (χ0v) is 11.3. The molecular weight excluding hydrogens is 296 g/mol. The summed E-state index contributed by atoms with van der Waals surface area (Å²) in [5, 5.41) is 3.38. The third kappa shape index (κ3) is 3.46. The normalized spacial score (nSPS) is 11.3. The molecule has 0 aromatic heterocycles. The molecule has 88 valence electrons. The Labute approximate surface area is 107 Å². The minimum absolute atomic E-state index is 0.0516. The molecule has 1 aromatic rings. The summed E-state index contributed by atoms with van der Waals surface area (Å²) in [6.07, 6.45) is 0. The molecule has 1 N–H and O–H groups in total. The minimum atomic E-state index is -0.530. The first-order valence-corrected chi connectivity index (χ1v) is 6.19. The fraction of sp³-hybridized carbons (Fsp3) is 0.364. The van der Waals surface area contributed by atoms with Crippen LogP contribution in [0.1, 0.15) is 24.2 Å². The van der Waals surface area contributed by atoms with Crippen LogP contribution in [0.2, 0.25) is 5.02 Å². The highest BCUT2D eigenvalue weighted by molar-refractivity contribution is 9.09. The maximum Gasteiger partial charge on any atom is 0.251 e. The largest absolute Gasteiger partial charge is 0.346 e. The molecular formula is C11H12BrClFNO. The van der Waals surface area contributed by atoms with Gasteiger partial charge >= 0.3 is 0 Å². The standard InChI is InChI=1S/C11H12BrClFNO/c1-11(2,6-12)15-10(16)7-3-4-9(14)8(13)5-7/h3-5H,6H2,1-2H3,(H,15,16). The summed E-state index contributed by atoms with van der Waals surface area (Å²) in [4.78, 5) is 11.8. The van der Waals surface area contributed by atoms with Crippen molar-refractivity contribution in [2.75, 3.05) is 5.33 Å². The number of alkyl halides is 1. The average molecular weight is 309 g/mol. The molecule has 0 spiro atoms. The fourth-order valence-corrected chi connectivity index (χ4v) is 1.37. The number of hydrogen-bond donors (Lipinski definition) is 1. The molecule has 2 nitrogen and oxygen atoms in total. The molecule has 0 aliphatic rings. The van der Waals surface area contributed by atoms with Gasteiger partial charge in [-0.25, -0.2) is 4.39 Å². The van der Waals surface area contributed by atoms with Gasteiger partial charge in [0.25, 0.3) is 5.91 Å². The van der Waals surface area contributed by atoms with E-state index in [9.17, 15) is 9.18 Å². The number of carbonyl (C=O) groups excluding carboxylic acids is 1. The third-order valence-corrected chi connectivity index (χ3v) is 3.66. The van der Waals surface area contributed by atoms with E-state index >= 15 is 0 Å². The number of rotatable bonds is 3. The van der Waals surface area contributed by atoms with Crippen LogP contribution < -0.4 is 5.32 Å². The summed E-state index contributed by atoms with van der Waals surface area (Å²) in [6.45, 7) is 3.76. The van der Waals surface area contributed by atoms with Gasteiger partial charge in [0, 0.05) is 16.4 Å². The molecule has 16 heavy (non-hydrogen) atoms. The van der Waals surface area contributed by atoms with Crippen molar-refractivity contribution in [3.05, 3.63) is 34.6 Å². The Kier molecular flexibility index (Phi) is 4.33. The summed E-state index contributed by atoms with van der Waals surface area (Å²) in [5.74, 6) is -0.802. The highest BCUT2D eigenvalue weighted by atomic mass is 79.9. The van der Waals surface area contributed by atoms with Crippen molar-refractivity contribution in [3.63, 3.8) is 0 Å². The number of carbonyl (C=O) groups is 1. The van der Waals surface area contributed by atoms with E-state index in [1.807, 2.05) is 13.8 Å². The predicted octanol–water partition coefficient (Wildman–Crippen LogP) is 3.38. The Morgan fingerprint density at radius 3 is 2.69 bits per heavy atom. The second-order valence-corrected chi connectivity index (χ2v) is 5.07. The first kappa shape index (κ1) is 13.5. The third-order valence-electron chi connectivity index (χ3n) is 1.97. The monoisotopic (exact) mass is 307 g/mol. The molecule has 1 aromatic carbocycles. The Morgan fingerprint density at radius 1 is 1.56 bits per heavy atom. The number of nitrogens with one attached hydrogen (secondary N) is 1. The Morgan fingerprint density at radius 2 is 2.19 bits per heavy atom. The number of amides is 1. The van der Waals surface area contributed by atoms with Crippen molar-refractivity contribution in [3.8, 4) is 0 Å². The van der Waals surface area contributed by atoms with Crippen molar-refractivity contribution in [1.29, 1.82) is 0 Å². The summed E-state index contributed by atoms with van der Waals surface area (Å²) in [5.41, 5.74) is -0.0155. The zero-order valence-electron chi connectivity index (χ0n) is 8.98. The van der Waals surface area contributed by atoms with Gasteiger partial charge in [0.2, 0.25) is 0 Å². The number of hydrogen-bond acceptors (Lipinski definition) is 1. The van der Waals surface area contributed by atoms with Crippen LogP contribution in [0.5, 0.6) is 0 Å². The Hall–Kier alpha value is -0.610. The molecule has 5 heteroatoms. The number of halogens is 3. The first-order valence-electron chi connectivity index (χ1n) is 4.69. The summed E-state index contributed by atoms with van der Waals surface area (Å²) >= 11 is 8.90. The summed E-state index contributed by atoms with van der Waals surface area (Å²) in [7, 11) is 0. The molecule has 0 fully saturated rings. The van der Waals surface area contributed by atoms with Crippen molar-refractivity contribution in [2.45, 2.75) is 19.4 Å². The van der Waals surface area contributed by atoms with Gasteiger partial charge in [0.15, 0.2) is 0 Å². The van der Waals surface area contributed by atoms with Gasteiger partial charge in [0.05, 0.1) is 5.02 Å².